The number of hydrogen-bond acceptors (Lipinski definition) is 8. The van der Waals surface area contributed by atoms with E-state index in [1.807, 2.05) is 48.5 Å². The van der Waals surface area contributed by atoms with Crippen LogP contribution in [0.5, 0.6) is 0 Å². The van der Waals surface area contributed by atoms with Crippen LogP contribution in [0.4, 0.5) is 11.4 Å². The number of ether oxygens (including phenoxy) is 2. The smallest absolute Gasteiger partial charge is 0.125 e. The summed E-state index contributed by atoms with van der Waals surface area (Å²) >= 11 is 0. The van der Waals surface area contributed by atoms with Crippen LogP contribution in [0, 0.1) is 0 Å². The van der Waals surface area contributed by atoms with Crippen molar-refractivity contribution >= 4 is 42.4 Å². The van der Waals surface area contributed by atoms with E-state index in [1.54, 1.807) is 67.9 Å². The fraction of sp³-hybridized carbons (Fsp3) is 0. The maximum Gasteiger partial charge on any atom is 0.125 e. The summed E-state index contributed by atoms with van der Waals surface area (Å²) in [5, 5.41) is 3.21. The first-order chi connectivity index (χ1) is 18.4. The summed E-state index contributed by atoms with van der Waals surface area (Å²) in [7, 11) is 0. The van der Waals surface area contributed by atoms with Gasteiger partial charge in [0.2, 0.25) is 0 Å². The van der Waals surface area contributed by atoms with E-state index in [2.05, 4.69) is 30.3 Å². The van der Waals surface area contributed by atoms with Crippen molar-refractivity contribution in [2.45, 2.75) is 0 Å². The summed E-state index contributed by atoms with van der Waals surface area (Å²) < 4.78 is 10.4. The van der Waals surface area contributed by atoms with Gasteiger partial charge in [-0.15, -0.1) is 0 Å². The van der Waals surface area contributed by atoms with Gasteiger partial charge < -0.3 is 14.8 Å². The summed E-state index contributed by atoms with van der Waals surface area (Å²) in [4.78, 5) is 21.2. The third-order valence-electron chi connectivity index (χ3n) is 4.31. The van der Waals surface area contributed by atoms with Gasteiger partial charge in [-0.25, -0.2) is 0 Å². The molecule has 1 aliphatic heterocycles. The SMILES string of the molecule is C1=CN=C\C=C/N=C\C=C/Nc2ccccc2C=N/C=C\O/C=C\OC=CN=Cc2ccccc2N=C1. The van der Waals surface area contributed by atoms with Crippen molar-refractivity contribution in [2.75, 3.05) is 5.32 Å². The molecule has 184 valence electrons. The number of benzene rings is 2. The number of hydrogen-bond donors (Lipinski definition) is 1. The van der Waals surface area contributed by atoms with Crippen LogP contribution >= 0.6 is 0 Å². The molecule has 1 heterocycles. The molecular formula is C29H26N6O2. The minimum absolute atomic E-state index is 0.778. The van der Waals surface area contributed by atoms with Crippen molar-refractivity contribution in [3.8, 4) is 0 Å². The molecule has 37 heavy (non-hydrogen) atoms. The van der Waals surface area contributed by atoms with E-state index in [4.69, 9.17) is 9.47 Å². The van der Waals surface area contributed by atoms with Gasteiger partial charge in [0.15, 0.2) is 0 Å². The van der Waals surface area contributed by atoms with Crippen LogP contribution in [0.1, 0.15) is 11.1 Å². The number of nitrogens with zero attached hydrogens (tertiary/aromatic N) is 5. The Balaban J connectivity index is 1.69. The van der Waals surface area contributed by atoms with Crippen LogP contribution in [0.2, 0.25) is 0 Å². The molecule has 1 aliphatic rings. The molecular weight excluding hydrogens is 464 g/mol. The van der Waals surface area contributed by atoms with Crippen LogP contribution in [0.3, 0.4) is 0 Å². The van der Waals surface area contributed by atoms with E-state index in [0.717, 1.165) is 22.5 Å². The highest BCUT2D eigenvalue weighted by Crippen LogP contribution is 2.16. The first-order valence-electron chi connectivity index (χ1n) is 11.3. The third-order valence-corrected chi connectivity index (χ3v) is 4.31. The lowest BCUT2D eigenvalue weighted by atomic mass is 10.2. The van der Waals surface area contributed by atoms with Crippen LogP contribution in [-0.4, -0.2) is 31.1 Å². The lowest BCUT2D eigenvalue weighted by Gasteiger charge is -2.03. The zero-order chi connectivity index (χ0) is 25.6. The molecule has 0 aromatic heterocycles. The van der Waals surface area contributed by atoms with Gasteiger partial charge in [-0.05, 0) is 30.4 Å². The Hall–Kier alpha value is -5.37. The van der Waals surface area contributed by atoms with Crippen LogP contribution in [0.25, 0.3) is 0 Å². The Kier molecular flexibility index (Phi) is 12.1. The number of aliphatic imine (C=N–C) groups is 5. The number of anilines is 1. The first-order valence-corrected chi connectivity index (χ1v) is 11.3. The molecule has 2 aromatic rings. The predicted octanol–water partition coefficient (Wildman–Crippen LogP) is 6.48. The standard InChI is InChI=1S/C29H26N6O2/c1-3-10-28-26(8-1)24-32-18-20-36-22-23-37-21-19-33-25-27-9-2-4-11-29(27)35-17-7-15-31-13-5-12-30-14-6-16-34-28/h1-25,34H/b12-5-,15-7?,16-6-,20-18-,21-19?,23-22-,30-14-,31-13?,32-24?,33-25?,35-17?. The van der Waals surface area contributed by atoms with Gasteiger partial charge in [-0.1, -0.05) is 36.4 Å². The van der Waals surface area contributed by atoms with Crippen LogP contribution in [0.15, 0.2) is 148 Å². The Labute approximate surface area is 216 Å². The number of para-hydroxylation sites is 2. The average molecular weight is 491 g/mol. The third kappa shape index (κ3) is 11.1. The molecule has 8 heteroatoms. The second-order valence-corrected chi connectivity index (χ2v) is 6.88. The molecule has 0 bridgehead atoms. The Morgan fingerprint density at radius 1 is 0.541 bits per heavy atom. The number of allylic oxidation sites excluding steroid dienone is 3. The quantitative estimate of drug-likeness (QED) is 0.458. The minimum Gasteiger partial charge on any atom is -0.468 e. The van der Waals surface area contributed by atoms with Crippen LogP contribution in [-0.2, 0) is 9.47 Å². The zero-order valence-corrected chi connectivity index (χ0v) is 20.0. The van der Waals surface area contributed by atoms with Crippen LogP contribution < -0.4 is 5.32 Å². The Morgan fingerprint density at radius 3 is 1.95 bits per heavy atom. The van der Waals surface area contributed by atoms with Gasteiger partial charge in [-0.3, -0.25) is 25.0 Å². The lowest BCUT2D eigenvalue weighted by Crippen LogP contribution is -1.93. The van der Waals surface area contributed by atoms with Crippen molar-refractivity contribution in [3.05, 3.63) is 134 Å². The van der Waals surface area contributed by atoms with Gasteiger partial charge in [0.05, 0.1) is 18.1 Å². The van der Waals surface area contributed by atoms with Gasteiger partial charge in [0.1, 0.15) is 25.0 Å². The van der Waals surface area contributed by atoms with E-state index in [0.29, 0.717) is 0 Å². The van der Waals surface area contributed by atoms with Crippen molar-refractivity contribution in [3.63, 3.8) is 0 Å². The predicted molar refractivity (Wildman–Crippen MR) is 154 cm³/mol. The van der Waals surface area contributed by atoms with E-state index in [-0.39, 0.29) is 0 Å². The van der Waals surface area contributed by atoms with Gasteiger partial charge in [0, 0.05) is 66.5 Å². The molecule has 0 spiro atoms. The molecule has 0 aliphatic carbocycles. The lowest BCUT2D eigenvalue weighted by molar-refractivity contribution is 0.344. The minimum atomic E-state index is 0.778. The molecule has 0 amide bonds. The summed E-state index contributed by atoms with van der Waals surface area (Å²) in [6, 6.07) is 15.4. The molecule has 0 unspecified atom stereocenters. The van der Waals surface area contributed by atoms with E-state index in [1.165, 1.54) is 37.4 Å². The molecule has 1 N–H and O–H groups in total. The summed E-state index contributed by atoms with van der Waals surface area (Å²) in [5.41, 5.74) is 3.46. The highest BCUT2D eigenvalue weighted by Gasteiger charge is 1.96. The Morgan fingerprint density at radius 2 is 1.16 bits per heavy atom. The summed E-state index contributed by atoms with van der Waals surface area (Å²) in [6.45, 7) is 0. The molecule has 0 fully saturated rings. The number of rotatable bonds is 0. The second kappa shape index (κ2) is 17.1. The Bertz CT molecular complexity index is 1310. The summed E-state index contributed by atoms with van der Waals surface area (Å²) in [5.74, 6) is 0. The molecule has 2 aromatic carbocycles. The molecule has 3 rings (SSSR count). The molecule has 0 atom stereocenters. The fourth-order valence-corrected chi connectivity index (χ4v) is 2.68. The maximum atomic E-state index is 5.21. The molecule has 0 radical (unpaired) electrons. The number of nitrogens with one attached hydrogen (secondary N) is 1. The normalized spacial score (nSPS) is 18.8. The molecule has 0 saturated heterocycles. The number of fused-ring (bicyclic) bond motifs is 2. The van der Waals surface area contributed by atoms with Gasteiger partial charge >= 0.3 is 0 Å². The van der Waals surface area contributed by atoms with Gasteiger partial charge in [0.25, 0.3) is 0 Å². The molecule has 0 saturated carbocycles. The van der Waals surface area contributed by atoms with Crippen molar-refractivity contribution in [1.29, 1.82) is 0 Å². The fourth-order valence-electron chi connectivity index (χ4n) is 2.68. The molecule has 8 nitrogen and oxygen atoms in total. The van der Waals surface area contributed by atoms with Crippen molar-refractivity contribution in [1.82, 2.24) is 0 Å². The van der Waals surface area contributed by atoms with Crippen molar-refractivity contribution in [2.24, 2.45) is 25.0 Å². The van der Waals surface area contributed by atoms with E-state index < -0.39 is 0 Å². The monoisotopic (exact) mass is 490 g/mol. The van der Waals surface area contributed by atoms with E-state index in [9.17, 15) is 0 Å². The topological polar surface area (TPSA) is 92.3 Å². The van der Waals surface area contributed by atoms with E-state index >= 15 is 0 Å². The van der Waals surface area contributed by atoms with Gasteiger partial charge in [-0.2, -0.15) is 0 Å². The maximum absolute atomic E-state index is 5.21. The highest BCUT2D eigenvalue weighted by atomic mass is 16.5. The zero-order valence-electron chi connectivity index (χ0n) is 20.0. The largest absolute Gasteiger partial charge is 0.468 e. The average Bonchev–Trinajstić information content (AvgIpc) is 2.92. The second-order valence-electron chi connectivity index (χ2n) is 6.88. The highest BCUT2D eigenvalue weighted by molar-refractivity contribution is 5.89. The summed E-state index contributed by atoms with van der Waals surface area (Å²) in [6.07, 6.45) is 27.4. The van der Waals surface area contributed by atoms with Crippen molar-refractivity contribution < 1.29 is 9.47 Å². The first kappa shape index (κ1) is 26.2.